The van der Waals surface area contributed by atoms with Gasteiger partial charge in [0.2, 0.25) is 0 Å². The molecule has 3 heteroatoms. The highest BCUT2D eigenvalue weighted by Crippen LogP contribution is 2.41. The predicted octanol–water partition coefficient (Wildman–Crippen LogP) is 4.06. The van der Waals surface area contributed by atoms with Gasteiger partial charge in [-0.15, -0.1) is 0 Å². The maximum Gasteiger partial charge on any atom is 0.136 e. The lowest BCUT2D eigenvalue weighted by Gasteiger charge is -2.08. The average Bonchev–Trinajstić information content (AvgIpc) is 2.28. The molecule has 0 radical (unpaired) electrons. The molecule has 0 saturated carbocycles. The van der Waals surface area contributed by atoms with Crippen LogP contribution in [-0.4, -0.2) is 10.2 Å². The molecule has 0 aliphatic heterocycles. The lowest BCUT2D eigenvalue weighted by Crippen LogP contribution is -1.80. The van der Waals surface area contributed by atoms with Gasteiger partial charge in [-0.2, -0.15) is 0 Å². The van der Waals surface area contributed by atoms with Crippen LogP contribution in [0.2, 0.25) is 5.02 Å². The molecule has 84 valence electrons. The summed E-state index contributed by atoms with van der Waals surface area (Å²) in [4.78, 5) is 0. The van der Waals surface area contributed by atoms with E-state index in [-0.39, 0.29) is 11.5 Å². The number of halogens is 1. The van der Waals surface area contributed by atoms with Crippen molar-refractivity contribution in [2.45, 2.75) is 0 Å². The lowest BCUT2D eigenvalue weighted by molar-refractivity contribution is 0.467. The highest BCUT2D eigenvalue weighted by molar-refractivity contribution is 6.36. The summed E-state index contributed by atoms with van der Waals surface area (Å²) < 4.78 is 0. The highest BCUT2D eigenvalue weighted by atomic mass is 35.5. The van der Waals surface area contributed by atoms with Crippen molar-refractivity contribution >= 4 is 33.1 Å². The number of rotatable bonds is 0. The number of aromatic hydroxyl groups is 2. The third-order valence-corrected chi connectivity index (χ3v) is 3.22. The molecule has 0 spiro atoms. The van der Waals surface area contributed by atoms with Crippen LogP contribution in [0.1, 0.15) is 0 Å². The van der Waals surface area contributed by atoms with E-state index >= 15 is 0 Å². The van der Waals surface area contributed by atoms with Crippen molar-refractivity contribution < 1.29 is 10.2 Å². The van der Waals surface area contributed by atoms with Gasteiger partial charge >= 0.3 is 0 Å². The van der Waals surface area contributed by atoms with E-state index < -0.39 is 0 Å². The molecule has 0 amide bonds. The molecule has 0 aliphatic carbocycles. The average molecular weight is 245 g/mol. The zero-order valence-corrected chi connectivity index (χ0v) is 9.57. The Bertz CT molecular complexity index is 675. The highest BCUT2D eigenvalue weighted by Gasteiger charge is 2.11. The summed E-state index contributed by atoms with van der Waals surface area (Å²) in [6, 6.07) is 12.5. The summed E-state index contributed by atoms with van der Waals surface area (Å²) in [6.07, 6.45) is 0. The molecule has 0 heterocycles. The second kappa shape index (κ2) is 3.54. The first kappa shape index (κ1) is 10.2. The first-order valence-electron chi connectivity index (χ1n) is 5.20. The van der Waals surface area contributed by atoms with E-state index in [0.29, 0.717) is 15.8 Å². The van der Waals surface area contributed by atoms with Crippen molar-refractivity contribution in [1.29, 1.82) is 0 Å². The summed E-state index contributed by atoms with van der Waals surface area (Å²) in [6.45, 7) is 0. The second-order valence-electron chi connectivity index (χ2n) is 3.94. The third-order valence-electron chi connectivity index (χ3n) is 2.91. The van der Waals surface area contributed by atoms with Crippen molar-refractivity contribution in [3.8, 4) is 11.5 Å². The molecular weight excluding hydrogens is 236 g/mol. The molecule has 0 saturated heterocycles. The summed E-state index contributed by atoms with van der Waals surface area (Å²) in [5.74, 6) is 0.0861. The summed E-state index contributed by atoms with van der Waals surface area (Å²) in [5.41, 5.74) is 0. The normalized spacial score (nSPS) is 11.1. The first-order valence-corrected chi connectivity index (χ1v) is 5.58. The van der Waals surface area contributed by atoms with E-state index in [4.69, 9.17) is 11.6 Å². The number of phenols is 2. The van der Waals surface area contributed by atoms with Gasteiger partial charge in [0.05, 0.1) is 10.4 Å². The van der Waals surface area contributed by atoms with Crippen LogP contribution in [0.4, 0.5) is 0 Å². The van der Waals surface area contributed by atoms with E-state index in [1.54, 1.807) is 18.2 Å². The van der Waals surface area contributed by atoms with Crippen molar-refractivity contribution in [3.05, 3.63) is 47.5 Å². The number of fused-ring (bicyclic) bond motifs is 2. The van der Waals surface area contributed by atoms with Crippen LogP contribution < -0.4 is 0 Å². The van der Waals surface area contributed by atoms with Crippen molar-refractivity contribution in [3.63, 3.8) is 0 Å². The molecule has 2 N–H and O–H groups in total. The van der Waals surface area contributed by atoms with Crippen LogP contribution >= 0.6 is 11.6 Å². The topological polar surface area (TPSA) is 40.5 Å². The van der Waals surface area contributed by atoms with Crippen molar-refractivity contribution in [2.24, 2.45) is 0 Å². The molecule has 2 nitrogen and oxygen atoms in total. The minimum absolute atomic E-state index is 0.0289. The SMILES string of the molecule is Oc1cccc2cc3cccc(Cl)c3c(O)c12. The Kier molecular flexibility index (Phi) is 2.13. The Morgan fingerprint density at radius 2 is 1.47 bits per heavy atom. The van der Waals surface area contributed by atoms with Crippen molar-refractivity contribution in [2.75, 3.05) is 0 Å². The zero-order chi connectivity index (χ0) is 12.0. The monoisotopic (exact) mass is 244 g/mol. The molecule has 3 aromatic rings. The molecule has 17 heavy (non-hydrogen) atoms. The Labute approximate surface area is 103 Å². The lowest BCUT2D eigenvalue weighted by atomic mass is 10.0. The van der Waals surface area contributed by atoms with Gasteiger partial charge < -0.3 is 10.2 Å². The van der Waals surface area contributed by atoms with Crippen LogP contribution in [0.15, 0.2) is 42.5 Å². The van der Waals surface area contributed by atoms with Crippen LogP contribution in [0.5, 0.6) is 11.5 Å². The largest absolute Gasteiger partial charge is 0.507 e. The van der Waals surface area contributed by atoms with Gasteiger partial charge in [-0.25, -0.2) is 0 Å². The van der Waals surface area contributed by atoms with Gasteiger partial charge in [-0.1, -0.05) is 35.9 Å². The molecule has 0 aromatic heterocycles. The van der Waals surface area contributed by atoms with Gasteiger partial charge in [0, 0.05) is 5.39 Å². The van der Waals surface area contributed by atoms with E-state index in [2.05, 4.69) is 0 Å². The number of hydrogen-bond acceptors (Lipinski definition) is 2. The molecule has 0 atom stereocenters. The number of benzene rings is 3. The molecule has 3 aromatic carbocycles. The molecule has 0 fully saturated rings. The maximum atomic E-state index is 10.2. The first-order chi connectivity index (χ1) is 8.18. The van der Waals surface area contributed by atoms with E-state index in [0.717, 1.165) is 10.8 Å². The van der Waals surface area contributed by atoms with Crippen LogP contribution in [0.3, 0.4) is 0 Å². The summed E-state index contributed by atoms with van der Waals surface area (Å²) in [5, 5.41) is 23.2. The molecular formula is C14H9ClO2. The van der Waals surface area contributed by atoms with E-state index in [1.165, 1.54) is 0 Å². The quantitative estimate of drug-likeness (QED) is 0.586. The second-order valence-corrected chi connectivity index (χ2v) is 4.35. The van der Waals surface area contributed by atoms with Crippen LogP contribution in [-0.2, 0) is 0 Å². The van der Waals surface area contributed by atoms with E-state index in [9.17, 15) is 10.2 Å². The Hall–Kier alpha value is -1.93. The molecule has 0 bridgehead atoms. The fourth-order valence-electron chi connectivity index (χ4n) is 2.14. The van der Waals surface area contributed by atoms with Gasteiger partial charge in [-0.3, -0.25) is 0 Å². The van der Waals surface area contributed by atoms with Gasteiger partial charge in [0.25, 0.3) is 0 Å². The molecule has 0 unspecified atom stereocenters. The van der Waals surface area contributed by atoms with E-state index in [1.807, 2.05) is 24.3 Å². The smallest absolute Gasteiger partial charge is 0.136 e. The number of phenolic OH excluding ortho intramolecular Hbond substituents is 2. The standard InChI is InChI=1S/C14H9ClO2/c15-10-5-1-3-8-7-9-4-2-6-11(16)13(9)14(17)12(8)10/h1-7,16-17H. The zero-order valence-electron chi connectivity index (χ0n) is 8.81. The minimum Gasteiger partial charge on any atom is -0.507 e. The van der Waals surface area contributed by atoms with Gasteiger partial charge in [0.15, 0.2) is 0 Å². The van der Waals surface area contributed by atoms with Gasteiger partial charge in [0.1, 0.15) is 11.5 Å². The van der Waals surface area contributed by atoms with Crippen LogP contribution in [0, 0.1) is 0 Å². The van der Waals surface area contributed by atoms with Gasteiger partial charge in [-0.05, 0) is 29.0 Å². The number of hydrogen-bond donors (Lipinski definition) is 2. The Morgan fingerprint density at radius 1 is 0.824 bits per heavy atom. The third kappa shape index (κ3) is 1.41. The fraction of sp³-hybridized carbons (Fsp3) is 0. The molecule has 0 aliphatic rings. The van der Waals surface area contributed by atoms with Crippen LogP contribution in [0.25, 0.3) is 21.5 Å². The van der Waals surface area contributed by atoms with Crippen molar-refractivity contribution in [1.82, 2.24) is 0 Å². The summed E-state index contributed by atoms with van der Waals surface area (Å²) >= 11 is 6.07. The minimum atomic E-state index is 0.0289. The molecule has 3 rings (SSSR count). The summed E-state index contributed by atoms with van der Waals surface area (Å²) in [7, 11) is 0. The Morgan fingerprint density at radius 3 is 2.24 bits per heavy atom. The Balaban J connectivity index is 2.64. The predicted molar refractivity (Wildman–Crippen MR) is 69.8 cm³/mol. The fourth-order valence-corrected chi connectivity index (χ4v) is 2.41. The maximum absolute atomic E-state index is 10.2.